The van der Waals surface area contributed by atoms with Gasteiger partial charge in [0.15, 0.2) is 6.61 Å². The number of nitro benzene ring substituents is 1. The molecule has 0 aromatic heterocycles. The Morgan fingerprint density at radius 1 is 1.13 bits per heavy atom. The van der Waals surface area contributed by atoms with Gasteiger partial charge < -0.3 is 14.5 Å². The van der Waals surface area contributed by atoms with Crippen LogP contribution in [-0.2, 0) is 16.1 Å². The van der Waals surface area contributed by atoms with Gasteiger partial charge in [-0.15, -0.1) is 0 Å². The lowest BCUT2D eigenvalue weighted by molar-refractivity contribution is -0.384. The van der Waals surface area contributed by atoms with Crippen LogP contribution in [0.25, 0.3) is 0 Å². The normalized spacial score (nSPS) is 13.2. The summed E-state index contributed by atoms with van der Waals surface area (Å²) in [7, 11) is 0. The van der Waals surface area contributed by atoms with E-state index in [0.717, 1.165) is 31.5 Å². The van der Waals surface area contributed by atoms with Crippen LogP contribution in [0.2, 0.25) is 0 Å². The fourth-order valence-electron chi connectivity index (χ4n) is 3.50. The zero-order chi connectivity index (χ0) is 21.5. The quantitative estimate of drug-likeness (QED) is 0.375. The number of hydrogen-bond acceptors (Lipinski definition) is 6. The molecule has 1 amide bonds. The van der Waals surface area contributed by atoms with Gasteiger partial charge in [-0.25, -0.2) is 4.79 Å². The molecule has 2 aromatic carbocycles. The third-order valence-electron chi connectivity index (χ3n) is 5.13. The fourth-order valence-corrected chi connectivity index (χ4v) is 3.50. The largest absolute Gasteiger partial charge is 0.452 e. The molecule has 1 aliphatic rings. The Morgan fingerprint density at radius 2 is 1.83 bits per heavy atom. The van der Waals surface area contributed by atoms with Gasteiger partial charge in [0, 0.05) is 32.2 Å². The van der Waals surface area contributed by atoms with Gasteiger partial charge in [0.1, 0.15) is 5.69 Å². The number of nitro groups is 1. The molecular formula is C22H25N3O5. The lowest BCUT2D eigenvalue weighted by Crippen LogP contribution is -2.34. The van der Waals surface area contributed by atoms with E-state index in [-0.39, 0.29) is 17.2 Å². The zero-order valence-electron chi connectivity index (χ0n) is 17.0. The summed E-state index contributed by atoms with van der Waals surface area (Å²) in [6.07, 6.45) is 1.97. The lowest BCUT2D eigenvalue weighted by atomic mass is 10.1. The van der Waals surface area contributed by atoms with Gasteiger partial charge in [-0.1, -0.05) is 30.3 Å². The van der Waals surface area contributed by atoms with Gasteiger partial charge in [-0.05, 0) is 37.5 Å². The average molecular weight is 411 g/mol. The summed E-state index contributed by atoms with van der Waals surface area (Å²) in [6, 6.07) is 13.8. The predicted octanol–water partition coefficient (Wildman–Crippen LogP) is 3.40. The molecule has 0 spiro atoms. The highest BCUT2D eigenvalue weighted by molar-refractivity contribution is 5.93. The molecule has 1 heterocycles. The maximum Gasteiger partial charge on any atom is 0.338 e. The predicted molar refractivity (Wildman–Crippen MR) is 112 cm³/mol. The van der Waals surface area contributed by atoms with E-state index in [1.807, 2.05) is 42.2 Å². The molecule has 0 aliphatic carbocycles. The van der Waals surface area contributed by atoms with Crippen molar-refractivity contribution in [2.75, 3.05) is 31.1 Å². The first-order chi connectivity index (χ1) is 14.5. The third-order valence-corrected chi connectivity index (χ3v) is 5.13. The number of carbonyl (C=O) groups excluding carboxylic acids is 2. The molecule has 0 saturated carbocycles. The van der Waals surface area contributed by atoms with Crippen molar-refractivity contribution >= 4 is 23.3 Å². The minimum Gasteiger partial charge on any atom is -0.452 e. The Morgan fingerprint density at radius 3 is 2.47 bits per heavy atom. The number of ether oxygens (including phenoxy) is 1. The highest BCUT2D eigenvalue weighted by Gasteiger charge is 2.24. The van der Waals surface area contributed by atoms with Crippen LogP contribution in [0.3, 0.4) is 0 Å². The van der Waals surface area contributed by atoms with Crippen molar-refractivity contribution in [3.05, 3.63) is 69.8 Å². The molecular weight excluding hydrogens is 386 g/mol. The number of benzene rings is 2. The first-order valence-corrected chi connectivity index (χ1v) is 10.0. The van der Waals surface area contributed by atoms with Crippen molar-refractivity contribution in [3.8, 4) is 0 Å². The van der Waals surface area contributed by atoms with Crippen LogP contribution in [0, 0.1) is 10.1 Å². The van der Waals surface area contributed by atoms with Crippen molar-refractivity contribution in [3.63, 3.8) is 0 Å². The summed E-state index contributed by atoms with van der Waals surface area (Å²) < 4.78 is 5.14. The van der Waals surface area contributed by atoms with E-state index in [2.05, 4.69) is 0 Å². The van der Waals surface area contributed by atoms with Gasteiger partial charge in [0.05, 0.1) is 10.5 Å². The van der Waals surface area contributed by atoms with E-state index >= 15 is 0 Å². The minimum atomic E-state index is -0.754. The molecule has 3 rings (SSSR count). The molecule has 1 fully saturated rings. The van der Waals surface area contributed by atoms with Crippen LogP contribution in [0.15, 0.2) is 48.5 Å². The molecule has 2 aromatic rings. The van der Waals surface area contributed by atoms with Crippen molar-refractivity contribution in [2.45, 2.75) is 26.3 Å². The first kappa shape index (κ1) is 21.3. The number of amides is 1. The highest BCUT2D eigenvalue weighted by Crippen LogP contribution is 2.31. The van der Waals surface area contributed by atoms with E-state index in [4.69, 9.17) is 4.74 Å². The second kappa shape index (κ2) is 9.87. The number of likely N-dealkylation sites (N-methyl/N-ethyl adjacent to an activating group) is 1. The molecule has 30 heavy (non-hydrogen) atoms. The minimum absolute atomic E-state index is 0.0588. The van der Waals surface area contributed by atoms with E-state index in [9.17, 15) is 19.7 Å². The van der Waals surface area contributed by atoms with E-state index in [1.54, 1.807) is 11.0 Å². The second-order valence-corrected chi connectivity index (χ2v) is 7.12. The zero-order valence-corrected chi connectivity index (χ0v) is 17.0. The van der Waals surface area contributed by atoms with E-state index in [1.165, 1.54) is 12.1 Å². The van der Waals surface area contributed by atoms with Crippen molar-refractivity contribution in [2.24, 2.45) is 0 Å². The van der Waals surface area contributed by atoms with Gasteiger partial charge in [-0.2, -0.15) is 0 Å². The SMILES string of the molecule is CCN(Cc1ccccc1)C(=O)COC(=O)c1ccc(N2CCCC2)c([N+](=O)[O-])c1. The third kappa shape index (κ3) is 5.14. The number of anilines is 1. The number of rotatable bonds is 8. The fraction of sp³-hybridized carbons (Fsp3) is 0.364. The topological polar surface area (TPSA) is 93.0 Å². The Labute approximate surface area is 175 Å². The van der Waals surface area contributed by atoms with Crippen LogP contribution in [0.5, 0.6) is 0 Å². The monoisotopic (exact) mass is 411 g/mol. The molecule has 158 valence electrons. The average Bonchev–Trinajstić information content (AvgIpc) is 3.30. The lowest BCUT2D eigenvalue weighted by Gasteiger charge is -2.21. The Balaban J connectivity index is 1.64. The molecule has 0 bridgehead atoms. The first-order valence-electron chi connectivity index (χ1n) is 10.0. The molecule has 0 unspecified atom stereocenters. The van der Waals surface area contributed by atoms with Gasteiger partial charge >= 0.3 is 5.97 Å². The van der Waals surface area contributed by atoms with Crippen LogP contribution in [-0.4, -0.2) is 47.9 Å². The Bertz CT molecular complexity index is 910. The van der Waals surface area contributed by atoms with Gasteiger partial charge in [-0.3, -0.25) is 14.9 Å². The van der Waals surface area contributed by atoms with Gasteiger partial charge in [0.2, 0.25) is 0 Å². The second-order valence-electron chi connectivity index (χ2n) is 7.12. The molecule has 0 atom stereocenters. The summed E-state index contributed by atoms with van der Waals surface area (Å²) in [4.78, 5) is 39.4. The maximum atomic E-state index is 12.5. The van der Waals surface area contributed by atoms with Crippen LogP contribution < -0.4 is 4.90 Å². The molecule has 8 heteroatoms. The van der Waals surface area contributed by atoms with Crippen LogP contribution in [0.1, 0.15) is 35.7 Å². The smallest absolute Gasteiger partial charge is 0.338 e. The number of hydrogen-bond donors (Lipinski definition) is 0. The Hall–Kier alpha value is -3.42. The molecule has 1 saturated heterocycles. The summed E-state index contributed by atoms with van der Waals surface area (Å²) in [5.41, 5.74) is 1.41. The number of carbonyl (C=O) groups is 2. The molecule has 8 nitrogen and oxygen atoms in total. The molecule has 1 aliphatic heterocycles. The van der Waals surface area contributed by atoms with Crippen molar-refractivity contribution in [1.82, 2.24) is 4.90 Å². The summed E-state index contributed by atoms with van der Waals surface area (Å²) in [6.45, 7) is 3.84. The van der Waals surface area contributed by atoms with E-state index in [0.29, 0.717) is 18.8 Å². The Kier molecular flexibility index (Phi) is 7.00. The summed E-state index contributed by atoms with van der Waals surface area (Å²) in [5.74, 6) is -1.08. The summed E-state index contributed by atoms with van der Waals surface area (Å²) >= 11 is 0. The number of esters is 1. The van der Waals surface area contributed by atoms with Crippen LogP contribution >= 0.6 is 0 Å². The van der Waals surface area contributed by atoms with Crippen molar-refractivity contribution in [1.29, 1.82) is 0 Å². The number of nitrogens with zero attached hydrogens (tertiary/aromatic N) is 3. The maximum absolute atomic E-state index is 12.5. The van der Waals surface area contributed by atoms with Crippen LogP contribution in [0.4, 0.5) is 11.4 Å². The van der Waals surface area contributed by atoms with Gasteiger partial charge in [0.25, 0.3) is 11.6 Å². The summed E-state index contributed by atoms with van der Waals surface area (Å²) in [5, 5.41) is 11.5. The van der Waals surface area contributed by atoms with E-state index < -0.39 is 17.5 Å². The van der Waals surface area contributed by atoms with Crippen molar-refractivity contribution < 1.29 is 19.2 Å². The highest BCUT2D eigenvalue weighted by atomic mass is 16.6. The standard InChI is InChI=1S/C22H25N3O5/c1-2-23(15-17-8-4-3-5-9-17)21(26)16-30-22(27)18-10-11-19(20(14-18)25(28)29)24-12-6-7-13-24/h3-5,8-11,14H,2,6-7,12-13,15-16H2,1H3. The molecule has 0 N–H and O–H groups in total. The molecule has 0 radical (unpaired) electrons.